The Bertz CT molecular complexity index is 361. The maximum absolute atomic E-state index is 11.6. The fraction of sp³-hybridized carbons (Fsp3) is 0.636. The molecular formula is C11H19N3O2S. The molecule has 0 aliphatic heterocycles. The number of rotatable bonds is 6. The Balaban J connectivity index is 2.50. The van der Waals surface area contributed by atoms with E-state index in [4.69, 9.17) is 10.5 Å². The topological polar surface area (TPSA) is 77.2 Å². The highest BCUT2D eigenvalue weighted by molar-refractivity contribution is 7.15. The minimum Gasteiger partial charge on any atom is -0.380 e. The maximum Gasteiger partial charge on any atom is 0.228 e. The van der Waals surface area contributed by atoms with E-state index >= 15 is 0 Å². The van der Waals surface area contributed by atoms with E-state index in [0.717, 1.165) is 4.88 Å². The fourth-order valence-corrected chi connectivity index (χ4v) is 2.09. The number of nitrogens with two attached hydrogens (primary N) is 1. The number of amides is 1. The number of aromatic nitrogens is 1. The Labute approximate surface area is 105 Å². The van der Waals surface area contributed by atoms with Crippen LogP contribution in [0.5, 0.6) is 0 Å². The molecule has 17 heavy (non-hydrogen) atoms. The fourth-order valence-electron chi connectivity index (χ4n) is 1.25. The van der Waals surface area contributed by atoms with Crippen molar-refractivity contribution in [3.63, 3.8) is 0 Å². The molecule has 1 aromatic rings. The van der Waals surface area contributed by atoms with Gasteiger partial charge in [-0.15, -0.1) is 11.3 Å². The van der Waals surface area contributed by atoms with Crippen molar-refractivity contribution in [3.05, 3.63) is 11.1 Å². The van der Waals surface area contributed by atoms with Crippen molar-refractivity contribution in [1.82, 2.24) is 4.98 Å². The van der Waals surface area contributed by atoms with Crippen LogP contribution in [-0.2, 0) is 9.53 Å². The van der Waals surface area contributed by atoms with E-state index in [0.29, 0.717) is 17.6 Å². The van der Waals surface area contributed by atoms with Gasteiger partial charge in [-0.1, -0.05) is 13.8 Å². The molecule has 0 aromatic carbocycles. The van der Waals surface area contributed by atoms with Crippen LogP contribution >= 0.6 is 11.3 Å². The summed E-state index contributed by atoms with van der Waals surface area (Å²) in [6, 6.07) is 0. The molecule has 1 rings (SSSR count). The summed E-state index contributed by atoms with van der Waals surface area (Å²) in [6.45, 7) is 4.52. The largest absolute Gasteiger partial charge is 0.380 e. The van der Waals surface area contributed by atoms with Crippen LogP contribution in [0.2, 0.25) is 0 Å². The summed E-state index contributed by atoms with van der Waals surface area (Å²) in [5.41, 5.74) is 5.45. The molecular weight excluding hydrogens is 238 g/mol. The van der Waals surface area contributed by atoms with Crippen LogP contribution in [0.25, 0.3) is 0 Å². The number of hydrogen-bond acceptors (Lipinski definition) is 5. The number of hydrogen-bond donors (Lipinski definition) is 2. The molecule has 96 valence electrons. The molecule has 1 unspecified atom stereocenters. The molecule has 6 heteroatoms. The second-order valence-electron chi connectivity index (χ2n) is 4.07. The second-order valence-corrected chi connectivity index (χ2v) is 5.13. The highest BCUT2D eigenvalue weighted by Crippen LogP contribution is 2.25. The summed E-state index contributed by atoms with van der Waals surface area (Å²) in [4.78, 5) is 16.9. The molecule has 5 nitrogen and oxygen atoms in total. The molecule has 0 fully saturated rings. The molecule has 0 radical (unpaired) electrons. The molecule has 1 heterocycles. The van der Waals surface area contributed by atoms with Crippen LogP contribution in [0.3, 0.4) is 0 Å². The van der Waals surface area contributed by atoms with E-state index in [2.05, 4.69) is 24.1 Å². The van der Waals surface area contributed by atoms with Crippen molar-refractivity contribution < 1.29 is 9.53 Å². The Morgan fingerprint density at radius 3 is 2.82 bits per heavy atom. The third-order valence-electron chi connectivity index (χ3n) is 2.35. The van der Waals surface area contributed by atoms with Gasteiger partial charge in [-0.05, 0) is 5.92 Å². The molecule has 0 spiro atoms. The molecule has 0 bridgehead atoms. The van der Waals surface area contributed by atoms with E-state index in [1.807, 2.05) is 0 Å². The van der Waals surface area contributed by atoms with E-state index in [1.165, 1.54) is 11.3 Å². The van der Waals surface area contributed by atoms with Crippen LogP contribution in [-0.4, -0.2) is 30.6 Å². The molecule has 1 aromatic heterocycles. The number of nitrogens with one attached hydrogen (secondary N) is 1. The first-order chi connectivity index (χ1) is 8.06. The normalized spacial score (nSPS) is 12.8. The first-order valence-corrected chi connectivity index (χ1v) is 6.36. The quantitative estimate of drug-likeness (QED) is 0.811. The Kier molecular flexibility index (Phi) is 5.54. The minimum atomic E-state index is -0.237. The van der Waals surface area contributed by atoms with Crippen molar-refractivity contribution in [1.29, 1.82) is 0 Å². The monoisotopic (exact) mass is 257 g/mol. The summed E-state index contributed by atoms with van der Waals surface area (Å²) in [7, 11) is 1.55. The van der Waals surface area contributed by atoms with Crippen LogP contribution in [0.1, 0.15) is 31.1 Å². The van der Waals surface area contributed by atoms with Crippen LogP contribution in [0, 0.1) is 0 Å². The Morgan fingerprint density at radius 1 is 1.65 bits per heavy atom. The van der Waals surface area contributed by atoms with Crippen molar-refractivity contribution in [2.24, 2.45) is 5.73 Å². The SMILES string of the molecule is COC(CN)CC(=O)Nc1ncc(C(C)C)s1. The van der Waals surface area contributed by atoms with E-state index < -0.39 is 0 Å². The Hall–Kier alpha value is -0.980. The second kappa shape index (κ2) is 6.68. The highest BCUT2D eigenvalue weighted by Gasteiger charge is 2.13. The first-order valence-electron chi connectivity index (χ1n) is 5.55. The zero-order valence-corrected chi connectivity index (χ0v) is 11.2. The number of methoxy groups -OCH3 is 1. The van der Waals surface area contributed by atoms with E-state index in [-0.39, 0.29) is 18.4 Å². The van der Waals surface area contributed by atoms with Crippen LogP contribution in [0.15, 0.2) is 6.20 Å². The van der Waals surface area contributed by atoms with Gasteiger partial charge in [0.05, 0.1) is 12.5 Å². The molecule has 0 aliphatic carbocycles. The average Bonchev–Trinajstić information content (AvgIpc) is 2.74. The predicted octanol–water partition coefficient (Wildman–Crippen LogP) is 1.57. The number of nitrogens with zero attached hydrogens (tertiary/aromatic N) is 1. The van der Waals surface area contributed by atoms with Gasteiger partial charge in [0.2, 0.25) is 5.91 Å². The number of carbonyl (C=O) groups excluding carboxylic acids is 1. The summed E-state index contributed by atoms with van der Waals surface area (Å²) in [6.07, 6.45) is 1.81. The average molecular weight is 257 g/mol. The standard InChI is InChI=1S/C11H19N3O2S/c1-7(2)9-6-13-11(17-9)14-10(15)4-8(5-12)16-3/h6-8H,4-5,12H2,1-3H3,(H,13,14,15). The number of anilines is 1. The van der Waals surface area contributed by atoms with Gasteiger partial charge in [0.25, 0.3) is 0 Å². The molecule has 0 saturated carbocycles. The van der Waals surface area contributed by atoms with Crippen LogP contribution in [0.4, 0.5) is 5.13 Å². The van der Waals surface area contributed by atoms with Gasteiger partial charge in [0.1, 0.15) is 0 Å². The van der Waals surface area contributed by atoms with Gasteiger partial charge in [-0.3, -0.25) is 4.79 Å². The number of carbonyl (C=O) groups is 1. The molecule has 0 aliphatic rings. The summed E-state index contributed by atoms with van der Waals surface area (Å²) in [5, 5.41) is 3.38. The highest BCUT2D eigenvalue weighted by atomic mass is 32.1. The van der Waals surface area contributed by atoms with Crippen LogP contribution < -0.4 is 11.1 Å². The molecule has 3 N–H and O–H groups in total. The third kappa shape index (κ3) is 4.41. The maximum atomic E-state index is 11.6. The van der Waals surface area contributed by atoms with Gasteiger partial charge in [-0.2, -0.15) is 0 Å². The molecule has 1 amide bonds. The smallest absolute Gasteiger partial charge is 0.228 e. The number of thiazole rings is 1. The predicted molar refractivity (Wildman–Crippen MR) is 69.3 cm³/mol. The van der Waals surface area contributed by atoms with E-state index in [1.54, 1.807) is 13.3 Å². The van der Waals surface area contributed by atoms with Gasteiger partial charge < -0.3 is 15.8 Å². The zero-order valence-electron chi connectivity index (χ0n) is 10.4. The lowest BCUT2D eigenvalue weighted by Crippen LogP contribution is -2.28. The number of ether oxygens (including phenoxy) is 1. The summed E-state index contributed by atoms with van der Waals surface area (Å²) in [5.74, 6) is 0.306. The van der Waals surface area contributed by atoms with Gasteiger partial charge in [-0.25, -0.2) is 4.98 Å². The van der Waals surface area contributed by atoms with Crippen molar-refractivity contribution in [3.8, 4) is 0 Å². The molecule has 1 atom stereocenters. The van der Waals surface area contributed by atoms with Crippen molar-refractivity contribution in [2.45, 2.75) is 32.3 Å². The lowest BCUT2D eigenvalue weighted by molar-refractivity contribution is -0.118. The third-order valence-corrected chi connectivity index (χ3v) is 3.56. The summed E-state index contributed by atoms with van der Waals surface area (Å²) < 4.78 is 5.05. The van der Waals surface area contributed by atoms with Crippen molar-refractivity contribution in [2.75, 3.05) is 19.0 Å². The van der Waals surface area contributed by atoms with Gasteiger partial charge >= 0.3 is 0 Å². The summed E-state index contributed by atoms with van der Waals surface area (Å²) >= 11 is 1.50. The van der Waals surface area contributed by atoms with Gasteiger partial charge in [0.15, 0.2) is 5.13 Å². The van der Waals surface area contributed by atoms with E-state index in [9.17, 15) is 4.79 Å². The zero-order chi connectivity index (χ0) is 12.8. The lowest BCUT2D eigenvalue weighted by atomic mass is 10.2. The lowest BCUT2D eigenvalue weighted by Gasteiger charge is -2.11. The first kappa shape index (κ1) is 14.1. The van der Waals surface area contributed by atoms with Crippen molar-refractivity contribution >= 4 is 22.4 Å². The van der Waals surface area contributed by atoms with Gasteiger partial charge in [0, 0.05) is 24.7 Å². The minimum absolute atomic E-state index is 0.119. The molecule has 0 saturated heterocycles. The Morgan fingerprint density at radius 2 is 2.35 bits per heavy atom.